The molecule has 2 aromatic carbocycles. The summed E-state index contributed by atoms with van der Waals surface area (Å²) in [6.07, 6.45) is 6.13. The van der Waals surface area contributed by atoms with Crippen LogP contribution in [0.1, 0.15) is 35.6 Å². The van der Waals surface area contributed by atoms with Crippen molar-refractivity contribution >= 4 is 11.6 Å². The molecule has 1 aliphatic rings. The Morgan fingerprint density at radius 1 is 0.935 bits per heavy atom. The fourth-order valence-electron chi connectivity index (χ4n) is 3.78. The maximum atomic E-state index is 13.1. The Labute approximate surface area is 178 Å². The molecule has 156 valence electrons. The number of aryl methyl sites for hydroxylation is 1. The fourth-order valence-corrected chi connectivity index (χ4v) is 3.78. The summed E-state index contributed by atoms with van der Waals surface area (Å²) in [4.78, 5) is 12.6. The van der Waals surface area contributed by atoms with Crippen LogP contribution in [0.5, 0.6) is 0 Å². The second kappa shape index (κ2) is 8.14. The Kier molecular flexibility index (Phi) is 5.03. The first-order chi connectivity index (χ1) is 15.2. The predicted octanol–water partition coefficient (Wildman–Crippen LogP) is 4.25. The molecule has 7 nitrogen and oxygen atoms in total. The normalized spacial score (nSPS) is 13.5. The highest BCUT2D eigenvalue weighted by molar-refractivity contribution is 6.02. The number of benzene rings is 2. The lowest BCUT2D eigenvalue weighted by molar-refractivity contribution is 0.102. The minimum Gasteiger partial charge on any atom is -0.321 e. The minimum absolute atomic E-state index is 0.274. The van der Waals surface area contributed by atoms with Crippen molar-refractivity contribution in [1.82, 2.24) is 24.5 Å². The van der Waals surface area contributed by atoms with Gasteiger partial charge in [-0.2, -0.15) is 5.10 Å². The lowest BCUT2D eigenvalue weighted by Crippen LogP contribution is -2.13. The number of halogens is 1. The number of carbonyl (C=O) groups excluding carboxylic acids is 1. The topological polar surface area (TPSA) is 77.6 Å². The summed E-state index contributed by atoms with van der Waals surface area (Å²) in [5.74, 6) is 1.28. The predicted molar refractivity (Wildman–Crippen MR) is 114 cm³/mol. The van der Waals surface area contributed by atoms with Gasteiger partial charge in [-0.25, -0.2) is 9.07 Å². The van der Waals surface area contributed by atoms with Gasteiger partial charge in [0.1, 0.15) is 11.6 Å². The van der Waals surface area contributed by atoms with Gasteiger partial charge in [0, 0.05) is 30.4 Å². The molecule has 1 amide bonds. The van der Waals surface area contributed by atoms with Crippen LogP contribution in [-0.2, 0) is 13.0 Å². The SMILES string of the molecule is O=C(Nc1ccc(-c2nnc3n2CCCCC3)cc1)c1ccn(-c2ccc(F)cc2)n1. The highest BCUT2D eigenvalue weighted by Crippen LogP contribution is 2.24. The van der Waals surface area contributed by atoms with Crippen molar-refractivity contribution in [3.63, 3.8) is 0 Å². The standard InChI is InChI=1S/C23H21FN6O/c24-17-7-11-19(12-8-17)30-15-13-20(28-30)23(31)25-18-9-5-16(6-10-18)22-27-26-21-4-2-1-3-14-29(21)22/h5-13,15H,1-4,14H2,(H,25,31). The molecule has 0 fully saturated rings. The number of nitrogens with zero attached hydrogens (tertiary/aromatic N) is 5. The molecule has 4 aromatic rings. The Balaban J connectivity index is 1.30. The molecule has 8 heteroatoms. The summed E-state index contributed by atoms with van der Waals surface area (Å²) in [6, 6.07) is 15.1. The molecule has 5 rings (SSSR count). The summed E-state index contributed by atoms with van der Waals surface area (Å²) >= 11 is 0. The molecule has 0 spiro atoms. The average Bonchev–Trinajstić information content (AvgIpc) is 3.37. The number of hydrogen-bond acceptors (Lipinski definition) is 4. The van der Waals surface area contributed by atoms with Gasteiger partial charge < -0.3 is 9.88 Å². The van der Waals surface area contributed by atoms with E-state index in [0.717, 1.165) is 43.0 Å². The van der Waals surface area contributed by atoms with Gasteiger partial charge in [-0.05, 0) is 67.4 Å². The molecular weight excluding hydrogens is 395 g/mol. The molecule has 3 heterocycles. The van der Waals surface area contributed by atoms with E-state index in [4.69, 9.17) is 0 Å². The summed E-state index contributed by atoms with van der Waals surface area (Å²) in [6.45, 7) is 0.937. The van der Waals surface area contributed by atoms with E-state index in [-0.39, 0.29) is 17.4 Å². The molecular formula is C23H21FN6O. The summed E-state index contributed by atoms with van der Waals surface area (Å²) in [5, 5.41) is 15.9. The monoisotopic (exact) mass is 416 g/mol. The van der Waals surface area contributed by atoms with E-state index in [1.54, 1.807) is 24.4 Å². The van der Waals surface area contributed by atoms with Gasteiger partial charge in [0.25, 0.3) is 5.91 Å². The van der Waals surface area contributed by atoms with Crippen molar-refractivity contribution < 1.29 is 9.18 Å². The van der Waals surface area contributed by atoms with E-state index in [0.29, 0.717) is 11.4 Å². The Morgan fingerprint density at radius 2 is 1.74 bits per heavy atom. The zero-order valence-corrected chi connectivity index (χ0v) is 16.8. The largest absolute Gasteiger partial charge is 0.321 e. The molecule has 0 aliphatic carbocycles. The molecule has 1 N–H and O–H groups in total. The number of anilines is 1. The number of nitrogens with one attached hydrogen (secondary N) is 1. The van der Waals surface area contributed by atoms with E-state index in [2.05, 4.69) is 25.2 Å². The van der Waals surface area contributed by atoms with Crippen molar-refractivity contribution in [2.45, 2.75) is 32.2 Å². The van der Waals surface area contributed by atoms with Gasteiger partial charge in [0.2, 0.25) is 0 Å². The third kappa shape index (κ3) is 3.96. The van der Waals surface area contributed by atoms with Gasteiger partial charge in [-0.3, -0.25) is 4.79 Å². The molecule has 31 heavy (non-hydrogen) atoms. The average molecular weight is 416 g/mol. The lowest BCUT2D eigenvalue weighted by Gasteiger charge is -2.08. The van der Waals surface area contributed by atoms with Gasteiger partial charge >= 0.3 is 0 Å². The van der Waals surface area contributed by atoms with E-state index >= 15 is 0 Å². The number of amides is 1. The number of aromatic nitrogens is 5. The quantitative estimate of drug-likeness (QED) is 0.540. The second-order valence-electron chi connectivity index (χ2n) is 7.56. The zero-order chi connectivity index (χ0) is 21.2. The molecule has 0 unspecified atom stereocenters. The third-order valence-electron chi connectivity index (χ3n) is 5.42. The van der Waals surface area contributed by atoms with Crippen LogP contribution in [0, 0.1) is 5.82 Å². The van der Waals surface area contributed by atoms with Crippen LogP contribution >= 0.6 is 0 Å². The van der Waals surface area contributed by atoms with Crippen LogP contribution in [0.2, 0.25) is 0 Å². The minimum atomic E-state index is -0.320. The summed E-state index contributed by atoms with van der Waals surface area (Å²) in [5.41, 5.74) is 2.59. The van der Waals surface area contributed by atoms with Crippen molar-refractivity contribution in [3.8, 4) is 17.1 Å². The van der Waals surface area contributed by atoms with E-state index in [1.165, 1.54) is 23.2 Å². The smallest absolute Gasteiger partial charge is 0.276 e. The number of rotatable bonds is 4. The molecule has 0 atom stereocenters. The maximum absolute atomic E-state index is 13.1. The van der Waals surface area contributed by atoms with Gasteiger partial charge in [-0.1, -0.05) is 6.42 Å². The number of hydrogen-bond donors (Lipinski definition) is 1. The molecule has 0 saturated carbocycles. The maximum Gasteiger partial charge on any atom is 0.276 e. The number of fused-ring (bicyclic) bond motifs is 1. The van der Waals surface area contributed by atoms with Crippen LogP contribution in [-0.4, -0.2) is 30.5 Å². The fraction of sp³-hybridized carbons (Fsp3) is 0.217. The summed E-state index contributed by atoms with van der Waals surface area (Å²) in [7, 11) is 0. The van der Waals surface area contributed by atoms with E-state index in [1.807, 2.05) is 24.3 Å². The van der Waals surface area contributed by atoms with Crippen molar-refractivity contribution in [3.05, 3.63) is 78.1 Å². The number of carbonyl (C=O) groups is 1. The van der Waals surface area contributed by atoms with Gasteiger partial charge in [0.15, 0.2) is 11.5 Å². The highest BCUT2D eigenvalue weighted by Gasteiger charge is 2.16. The molecule has 2 aromatic heterocycles. The van der Waals surface area contributed by atoms with Gasteiger partial charge in [-0.15, -0.1) is 10.2 Å². The summed E-state index contributed by atoms with van der Waals surface area (Å²) < 4.78 is 16.8. The second-order valence-corrected chi connectivity index (χ2v) is 7.56. The van der Waals surface area contributed by atoms with Crippen LogP contribution in [0.25, 0.3) is 17.1 Å². The Hall–Kier alpha value is -3.81. The lowest BCUT2D eigenvalue weighted by atomic mass is 10.2. The molecule has 1 aliphatic heterocycles. The zero-order valence-electron chi connectivity index (χ0n) is 16.8. The molecule has 0 saturated heterocycles. The van der Waals surface area contributed by atoms with Crippen LogP contribution in [0.15, 0.2) is 60.8 Å². The first kappa shape index (κ1) is 19.2. The first-order valence-electron chi connectivity index (χ1n) is 10.3. The van der Waals surface area contributed by atoms with Crippen molar-refractivity contribution in [2.75, 3.05) is 5.32 Å². The third-order valence-corrected chi connectivity index (χ3v) is 5.42. The van der Waals surface area contributed by atoms with Crippen molar-refractivity contribution in [1.29, 1.82) is 0 Å². The van der Waals surface area contributed by atoms with Crippen LogP contribution < -0.4 is 5.32 Å². The molecule has 0 radical (unpaired) electrons. The van der Waals surface area contributed by atoms with Crippen molar-refractivity contribution in [2.24, 2.45) is 0 Å². The first-order valence-corrected chi connectivity index (χ1v) is 10.3. The molecule has 0 bridgehead atoms. The Morgan fingerprint density at radius 3 is 2.55 bits per heavy atom. The van der Waals surface area contributed by atoms with Gasteiger partial charge in [0.05, 0.1) is 5.69 Å². The van der Waals surface area contributed by atoms with E-state index in [9.17, 15) is 9.18 Å². The van der Waals surface area contributed by atoms with Crippen LogP contribution in [0.3, 0.4) is 0 Å². The Bertz CT molecular complexity index is 1210. The highest BCUT2D eigenvalue weighted by atomic mass is 19.1. The van der Waals surface area contributed by atoms with E-state index < -0.39 is 0 Å². The van der Waals surface area contributed by atoms with Crippen LogP contribution in [0.4, 0.5) is 10.1 Å².